The molecule has 2 amide bonds. The van der Waals surface area contributed by atoms with Gasteiger partial charge in [-0.2, -0.15) is 0 Å². The molecule has 1 aromatic rings. The predicted octanol–water partition coefficient (Wildman–Crippen LogP) is 2.25. The summed E-state index contributed by atoms with van der Waals surface area (Å²) in [6, 6.07) is 7.87. The first-order valence-corrected chi connectivity index (χ1v) is 7.06. The van der Waals surface area contributed by atoms with Crippen LogP contribution in [0.5, 0.6) is 0 Å². The molecule has 2 rings (SSSR count). The number of hydrogen-bond donors (Lipinski definition) is 3. The van der Waals surface area contributed by atoms with Gasteiger partial charge in [0, 0.05) is 24.4 Å². The molecule has 0 bridgehead atoms. The van der Waals surface area contributed by atoms with E-state index in [1.807, 2.05) is 24.3 Å². The largest absolute Gasteiger partial charge is 0.381 e. The molecule has 0 radical (unpaired) electrons. The zero-order valence-corrected chi connectivity index (χ0v) is 12.1. The van der Waals surface area contributed by atoms with Crippen LogP contribution in [0.3, 0.4) is 0 Å². The summed E-state index contributed by atoms with van der Waals surface area (Å²) >= 11 is 0. The lowest BCUT2D eigenvalue weighted by Crippen LogP contribution is -2.35. The number of nitrogens with two attached hydrogens (primary N) is 1. The van der Waals surface area contributed by atoms with Crippen LogP contribution in [0.25, 0.3) is 0 Å². The van der Waals surface area contributed by atoms with Crippen molar-refractivity contribution in [3.05, 3.63) is 29.8 Å². The highest BCUT2D eigenvalue weighted by Crippen LogP contribution is 2.21. The van der Waals surface area contributed by atoms with Gasteiger partial charge in [0.2, 0.25) is 0 Å². The number of urea groups is 1. The number of anilines is 1. The molecule has 1 saturated heterocycles. The molecule has 0 aromatic heterocycles. The van der Waals surface area contributed by atoms with Crippen LogP contribution in [0, 0.1) is 5.92 Å². The van der Waals surface area contributed by atoms with Gasteiger partial charge in [0.25, 0.3) is 0 Å². The summed E-state index contributed by atoms with van der Waals surface area (Å²) in [6.07, 6.45) is 1.13. The first kappa shape index (κ1) is 14.8. The van der Waals surface area contributed by atoms with E-state index >= 15 is 0 Å². The van der Waals surface area contributed by atoms with E-state index in [4.69, 9.17) is 10.5 Å². The lowest BCUT2D eigenvalue weighted by Gasteiger charge is -2.24. The van der Waals surface area contributed by atoms with E-state index in [1.54, 1.807) is 0 Å². The molecule has 110 valence electrons. The second-order valence-corrected chi connectivity index (χ2v) is 5.41. The van der Waals surface area contributed by atoms with Crippen molar-refractivity contribution in [3.63, 3.8) is 0 Å². The van der Waals surface area contributed by atoms with Gasteiger partial charge in [-0.05, 0) is 43.9 Å². The van der Waals surface area contributed by atoms with Crippen molar-refractivity contribution in [2.75, 3.05) is 18.5 Å². The topological polar surface area (TPSA) is 76.4 Å². The van der Waals surface area contributed by atoms with E-state index in [1.165, 1.54) is 5.56 Å². The maximum absolute atomic E-state index is 10.8. The van der Waals surface area contributed by atoms with Gasteiger partial charge >= 0.3 is 6.03 Å². The number of hydrogen-bond acceptors (Lipinski definition) is 3. The van der Waals surface area contributed by atoms with Gasteiger partial charge in [0.15, 0.2) is 0 Å². The van der Waals surface area contributed by atoms with Gasteiger partial charge in [-0.1, -0.05) is 12.1 Å². The van der Waals surface area contributed by atoms with Crippen LogP contribution in [0.15, 0.2) is 24.3 Å². The minimum atomic E-state index is -0.543. The van der Waals surface area contributed by atoms with Crippen LogP contribution in [0.4, 0.5) is 10.5 Å². The highest BCUT2D eigenvalue weighted by Gasteiger charge is 2.23. The minimum absolute atomic E-state index is 0.258. The fourth-order valence-corrected chi connectivity index (χ4v) is 2.57. The minimum Gasteiger partial charge on any atom is -0.381 e. The zero-order valence-electron chi connectivity index (χ0n) is 12.1. The van der Waals surface area contributed by atoms with E-state index < -0.39 is 6.03 Å². The molecule has 3 unspecified atom stereocenters. The van der Waals surface area contributed by atoms with Crippen LogP contribution >= 0.6 is 0 Å². The standard InChI is InChI=1S/C15H23N3O2/c1-10(17-11(2)13-7-8-20-9-13)12-3-5-14(6-4-12)18-15(16)19/h3-6,10-11,13,17H,7-9H2,1-2H3,(H3,16,18,19). The van der Waals surface area contributed by atoms with Crippen LogP contribution in [-0.2, 0) is 4.74 Å². The Morgan fingerprint density at radius 3 is 2.60 bits per heavy atom. The van der Waals surface area contributed by atoms with E-state index in [-0.39, 0.29) is 6.04 Å². The summed E-state index contributed by atoms with van der Waals surface area (Å²) in [4.78, 5) is 10.8. The molecule has 1 fully saturated rings. The molecule has 1 heterocycles. The van der Waals surface area contributed by atoms with Gasteiger partial charge in [0.1, 0.15) is 0 Å². The number of rotatable bonds is 5. The summed E-state index contributed by atoms with van der Waals surface area (Å²) in [5.74, 6) is 0.591. The Kier molecular flexibility index (Phi) is 4.98. The molecule has 1 aliphatic rings. The third kappa shape index (κ3) is 3.95. The fourth-order valence-electron chi connectivity index (χ4n) is 2.57. The highest BCUT2D eigenvalue weighted by molar-refractivity contribution is 5.87. The van der Waals surface area contributed by atoms with E-state index in [2.05, 4.69) is 24.5 Å². The van der Waals surface area contributed by atoms with Crippen molar-refractivity contribution in [2.24, 2.45) is 11.7 Å². The zero-order chi connectivity index (χ0) is 14.5. The second-order valence-electron chi connectivity index (χ2n) is 5.41. The van der Waals surface area contributed by atoms with Crippen LogP contribution in [0.2, 0.25) is 0 Å². The first-order valence-electron chi connectivity index (χ1n) is 7.06. The van der Waals surface area contributed by atoms with Crippen molar-refractivity contribution >= 4 is 11.7 Å². The number of primary amides is 1. The summed E-state index contributed by atoms with van der Waals surface area (Å²) in [5.41, 5.74) is 6.98. The van der Waals surface area contributed by atoms with E-state index in [0.29, 0.717) is 17.6 Å². The van der Waals surface area contributed by atoms with Crippen molar-refractivity contribution in [1.29, 1.82) is 0 Å². The molecule has 1 aliphatic heterocycles. The average molecular weight is 277 g/mol. The Bertz CT molecular complexity index is 441. The van der Waals surface area contributed by atoms with Crippen LogP contribution in [-0.4, -0.2) is 25.3 Å². The van der Waals surface area contributed by atoms with Crippen LogP contribution in [0.1, 0.15) is 31.9 Å². The molecule has 4 N–H and O–H groups in total. The van der Waals surface area contributed by atoms with Crippen molar-refractivity contribution in [3.8, 4) is 0 Å². The van der Waals surface area contributed by atoms with Gasteiger partial charge in [0.05, 0.1) is 6.61 Å². The first-order chi connectivity index (χ1) is 9.56. The van der Waals surface area contributed by atoms with Gasteiger partial charge in [-0.25, -0.2) is 4.79 Å². The molecular formula is C15H23N3O2. The molecule has 5 heteroatoms. The van der Waals surface area contributed by atoms with E-state index in [0.717, 1.165) is 19.6 Å². The Morgan fingerprint density at radius 1 is 1.35 bits per heavy atom. The summed E-state index contributed by atoms with van der Waals surface area (Å²) in [6.45, 7) is 6.07. The molecule has 0 aliphatic carbocycles. The summed E-state index contributed by atoms with van der Waals surface area (Å²) in [7, 11) is 0. The highest BCUT2D eigenvalue weighted by atomic mass is 16.5. The Hall–Kier alpha value is -1.59. The Labute approximate surface area is 119 Å². The average Bonchev–Trinajstić information content (AvgIpc) is 2.92. The third-order valence-electron chi connectivity index (χ3n) is 3.86. The summed E-state index contributed by atoms with van der Waals surface area (Å²) < 4.78 is 5.43. The Morgan fingerprint density at radius 2 is 2.05 bits per heavy atom. The maximum atomic E-state index is 10.8. The second kappa shape index (κ2) is 6.72. The van der Waals surface area contributed by atoms with Gasteiger partial charge in [-0.15, -0.1) is 0 Å². The molecule has 0 saturated carbocycles. The number of ether oxygens (including phenoxy) is 1. The van der Waals surface area contributed by atoms with Crippen molar-refractivity contribution < 1.29 is 9.53 Å². The molecule has 5 nitrogen and oxygen atoms in total. The fraction of sp³-hybridized carbons (Fsp3) is 0.533. The van der Waals surface area contributed by atoms with Crippen molar-refractivity contribution in [1.82, 2.24) is 5.32 Å². The number of nitrogens with one attached hydrogen (secondary N) is 2. The number of carbonyl (C=O) groups is 1. The lowest BCUT2D eigenvalue weighted by atomic mass is 9.98. The van der Waals surface area contributed by atoms with Gasteiger partial charge < -0.3 is 21.1 Å². The molecule has 0 spiro atoms. The quantitative estimate of drug-likeness (QED) is 0.772. The molecular weight excluding hydrogens is 254 g/mol. The molecule has 3 atom stereocenters. The number of carbonyl (C=O) groups excluding carboxylic acids is 1. The van der Waals surface area contributed by atoms with Crippen LogP contribution < -0.4 is 16.4 Å². The van der Waals surface area contributed by atoms with Crippen molar-refractivity contribution in [2.45, 2.75) is 32.4 Å². The Balaban J connectivity index is 1.91. The SMILES string of the molecule is CC(NC(C)C1CCOC1)c1ccc(NC(N)=O)cc1. The monoisotopic (exact) mass is 277 g/mol. The third-order valence-corrected chi connectivity index (χ3v) is 3.86. The summed E-state index contributed by atoms with van der Waals surface area (Å²) in [5, 5.41) is 6.16. The predicted molar refractivity (Wildman–Crippen MR) is 79.6 cm³/mol. The normalized spacial score (nSPS) is 21.4. The molecule has 1 aromatic carbocycles. The molecule has 20 heavy (non-hydrogen) atoms. The maximum Gasteiger partial charge on any atom is 0.316 e. The number of amides is 2. The van der Waals surface area contributed by atoms with Gasteiger partial charge in [-0.3, -0.25) is 0 Å². The lowest BCUT2D eigenvalue weighted by molar-refractivity contribution is 0.177. The van der Waals surface area contributed by atoms with E-state index in [9.17, 15) is 4.79 Å². The smallest absolute Gasteiger partial charge is 0.316 e. The number of benzene rings is 1.